The summed E-state index contributed by atoms with van der Waals surface area (Å²) in [7, 11) is 0. The molecule has 0 amide bonds. The lowest BCUT2D eigenvalue weighted by atomic mass is 9.80. The van der Waals surface area contributed by atoms with Gasteiger partial charge in [0.25, 0.3) is 0 Å². The molecule has 0 N–H and O–H groups in total. The van der Waals surface area contributed by atoms with Crippen LogP contribution in [0.5, 0.6) is 11.5 Å². The first-order chi connectivity index (χ1) is 15.9. The summed E-state index contributed by atoms with van der Waals surface area (Å²) in [6.07, 6.45) is 11.7. The lowest BCUT2D eigenvalue weighted by Gasteiger charge is -2.29. The predicted molar refractivity (Wildman–Crippen MR) is 144 cm³/mol. The number of hydrogen-bond donors (Lipinski definition) is 0. The second-order valence-corrected chi connectivity index (χ2v) is 12.0. The Labute approximate surface area is 210 Å². The Morgan fingerprint density at radius 2 is 1.41 bits per heavy atom. The normalized spacial score (nSPS) is 21.3. The fourth-order valence-corrected chi connectivity index (χ4v) is 5.74. The third-order valence-corrected chi connectivity index (χ3v) is 8.41. The molecule has 0 saturated heterocycles. The number of fused-ring (bicyclic) bond motifs is 1. The molecule has 2 rings (SSSR count). The molecule has 3 nitrogen and oxygen atoms in total. The topological polar surface area (TPSA) is 35.5 Å². The Morgan fingerprint density at radius 3 is 1.94 bits per heavy atom. The first-order valence-electron chi connectivity index (χ1n) is 13.9. The third kappa shape index (κ3) is 7.25. The van der Waals surface area contributed by atoms with Gasteiger partial charge in [-0.2, -0.15) is 0 Å². The molecule has 194 valence electrons. The van der Waals surface area contributed by atoms with Crippen molar-refractivity contribution >= 4 is 5.97 Å². The number of rotatable bonds is 13. The van der Waals surface area contributed by atoms with E-state index in [9.17, 15) is 4.79 Å². The van der Waals surface area contributed by atoms with E-state index in [2.05, 4.69) is 55.4 Å². The quantitative estimate of drug-likeness (QED) is 0.212. The van der Waals surface area contributed by atoms with Gasteiger partial charge in [0.15, 0.2) is 0 Å². The van der Waals surface area contributed by atoms with Crippen LogP contribution < -0.4 is 9.47 Å². The van der Waals surface area contributed by atoms with E-state index in [1.54, 1.807) is 0 Å². The van der Waals surface area contributed by atoms with E-state index in [1.807, 2.05) is 6.92 Å². The summed E-state index contributed by atoms with van der Waals surface area (Å²) < 4.78 is 12.3. The van der Waals surface area contributed by atoms with Crippen LogP contribution in [-0.4, -0.2) is 11.6 Å². The minimum atomic E-state index is -0.265. The van der Waals surface area contributed by atoms with Gasteiger partial charge in [0.2, 0.25) is 0 Å². The lowest BCUT2D eigenvalue weighted by Crippen LogP contribution is -2.33. The average molecular weight is 473 g/mol. The molecule has 34 heavy (non-hydrogen) atoms. The minimum Gasteiger partial charge on any atom is -0.486 e. The van der Waals surface area contributed by atoms with Crippen molar-refractivity contribution in [1.82, 2.24) is 0 Å². The van der Waals surface area contributed by atoms with Gasteiger partial charge >= 0.3 is 5.97 Å². The second kappa shape index (κ2) is 12.5. The van der Waals surface area contributed by atoms with Crippen LogP contribution in [0.2, 0.25) is 0 Å². The van der Waals surface area contributed by atoms with Crippen molar-refractivity contribution in [3.05, 3.63) is 22.3 Å². The van der Waals surface area contributed by atoms with Gasteiger partial charge in [-0.25, -0.2) is 0 Å². The maximum Gasteiger partial charge on any atom is 0.308 e. The van der Waals surface area contributed by atoms with Crippen LogP contribution in [0.1, 0.15) is 134 Å². The monoisotopic (exact) mass is 472 g/mol. The highest BCUT2D eigenvalue weighted by Crippen LogP contribution is 2.53. The predicted octanol–water partition coefficient (Wildman–Crippen LogP) is 9.23. The zero-order valence-electron chi connectivity index (χ0n) is 23.9. The zero-order valence-corrected chi connectivity index (χ0v) is 23.9. The van der Waals surface area contributed by atoms with Crippen LogP contribution >= 0.6 is 0 Å². The Kier molecular flexibility index (Phi) is 10.5. The van der Waals surface area contributed by atoms with Crippen molar-refractivity contribution in [2.24, 2.45) is 17.8 Å². The summed E-state index contributed by atoms with van der Waals surface area (Å²) in [6.45, 7) is 21.7. The minimum absolute atomic E-state index is 0.205. The summed E-state index contributed by atoms with van der Waals surface area (Å²) >= 11 is 0. The molecule has 0 bridgehead atoms. The highest BCUT2D eigenvalue weighted by molar-refractivity contribution is 5.72. The van der Waals surface area contributed by atoms with Crippen molar-refractivity contribution in [3.8, 4) is 11.5 Å². The molecule has 1 aromatic rings. The Hall–Kier alpha value is -1.51. The van der Waals surface area contributed by atoms with Gasteiger partial charge in [0, 0.05) is 18.4 Å². The summed E-state index contributed by atoms with van der Waals surface area (Å²) in [5, 5.41) is 0. The maximum absolute atomic E-state index is 11.7. The van der Waals surface area contributed by atoms with Gasteiger partial charge in [-0.1, -0.05) is 79.6 Å². The number of hydrogen-bond acceptors (Lipinski definition) is 3. The van der Waals surface area contributed by atoms with Crippen LogP contribution in [0.3, 0.4) is 0 Å². The zero-order chi connectivity index (χ0) is 25.6. The Morgan fingerprint density at radius 1 is 0.882 bits per heavy atom. The first kappa shape index (κ1) is 28.7. The van der Waals surface area contributed by atoms with Crippen molar-refractivity contribution in [2.45, 2.75) is 139 Å². The molecule has 0 aromatic heterocycles. The summed E-state index contributed by atoms with van der Waals surface area (Å²) in [5.41, 5.74) is 4.18. The number of carbonyl (C=O) groups excluding carboxylic acids is 1. The van der Waals surface area contributed by atoms with Crippen molar-refractivity contribution in [2.75, 3.05) is 0 Å². The molecule has 0 aliphatic carbocycles. The molecule has 0 spiro atoms. The molecule has 1 aromatic carbocycles. The van der Waals surface area contributed by atoms with Gasteiger partial charge in [0.05, 0.1) is 0 Å². The molecule has 1 heterocycles. The number of carbonyl (C=O) groups is 1. The molecular formula is C31H52O3. The van der Waals surface area contributed by atoms with Crippen LogP contribution in [0, 0.1) is 38.5 Å². The van der Waals surface area contributed by atoms with E-state index in [4.69, 9.17) is 9.47 Å². The average Bonchev–Trinajstić information content (AvgIpc) is 3.00. The summed E-state index contributed by atoms with van der Waals surface area (Å²) in [4.78, 5) is 11.7. The van der Waals surface area contributed by atoms with E-state index in [-0.39, 0.29) is 17.5 Å². The first-order valence-corrected chi connectivity index (χ1v) is 13.9. The van der Waals surface area contributed by atoms with Gasteiger partial charge in [-0.05, 0) is 75.0 Å². The number of esters is 1. The van der Waals surface area contributed by atoms with Crippen LogP contribution in [0.15, 0.2) is 0 Å². The molecule has 2 unspecified atom stereocenters. The summed E-state index contributed by atoms with van der Waals surface area (Å²) in [5.74, 6) is 4.21. The van der Waals surface area contributed by atoms with Crippen molar-refractivity contribution < 1.29 is 14.3 Å². The van der Waals surface area contributed by atoms with E-state index >= 15 is 0 Å². The highest BCUT2D eigenvalue weighted by atomic mass is 16.5. The van der Waals surface area contributed by atoms with Gasteiger partial charge < -0.3 is 9.47 Å². The van der Waals surface area contributed by atoms with Crippen molar-refractivity contribution in [3.63, 3.8) is 0 Å². The van der Waals surface area contributed by atoms with Gasteiger partial charge in [-0.15, -0.1) is 0 Å². The SMILES string of the molecule is CC(=O)Oc1c(C)c(C)c2c(c1C)[C@H](C)[C@@](C)(CCCC(C)CCCC(C)CCCC(C)C)O2. The molecule has 1 aliphatic rings. The Balaban J connectivity index is 1.87. The van der Waals surface area contributed by atoms with Gasteiger partial charge in [0.1, 0.15) is 17.1 Å². The molecule has 3 heteroatoms. The highest BCUT2D eigenvalue weighted by Gasteiger charge is 2.44. The molecule has 0 radical (unpaired) electrons. The van der Waals surface area contributed by atoms with E-state index < -0.39 is 0 Å². The van der Waals surface area contributed by atoms with Crippen LogP contribution in [0.4, 0.5) is 0 Å². The maximum atomic E-state index is 11.7. The third-order valence-electron chi connectivity index (χ3n) is 8.41. The standard InChI is InChI=1S/C31H52O3/c1-20(2)14-11-15-21(3)16-12-17-22(4)18-13-19-31(10)26(8)28-25(7)29(33-27(9)32)23(5)24(6)30(28)34-31/h20-22,26H,11-19H2,1-10H3/t21?,22?,26-,31+/m0/s1. The number of benzene rings is 1. The lowest BCUT2D eigenvalue weighted by molar-refractivity contribution is -0.131. The largest absolute Gasteiger partial charge is 0.486 e. The fourth-order valence-electron chi connectivity index (χ4n) is 5.74. The number of ether oxygens (including phenoxy) is 2. The molecule has 4 atom stereocenters. The molecular weight excluding hydrogens is 420 g/mol. The molecule has 0 saturated carbocycles. The smallest absolute Gasteiger partial charge is 0.308 e. The van der Waals surface area contributed by atoms with Crippen LogP contribution in [-0.2, 0) is 4.79 Å². The fraction of sp³-hybridized carbons (Fsp3) is 0.774. The summed E-state index contributed by atoms with van der Waals surface area (Å²) in [6, 6.07) is 0. The molecule has 0 fully saturated rings. The van der Waals surface area contributed by atoms with E-state index in [0.717, 1.165) is 52.4 Å². The Bertz CT molecular complexity index is 825. The van der Waals surface area contributed by atoms with Crippen molar-refractivity contribution in [1.29, 1.82) is 0 Å². The van der Waals surface area contributed by atoms with Gasteiger partial charge in [-0.3, -0.25) is 4.79 Å². The van der Waals surface area contributed by atoms with E-state index in [1.165, 1.54) is 63.9 Å². The van der Waals surface area contributed by atoms with Crippen LogP contribution in [0.25, 0.3) is 0 Å². The van der Waals surface area contributed by atoms with E-state index in [0.29, 0.717) is 0 Å². The second-order valence-electron chi connectivity index (χ2n) is 12.0. The molecule has 1 aliphatic heterocycles.